The lowest BCUT2D eigenvalue weighted by molar-refractivity contribution is -0.111. The van der Waals surface area contributed by atoms with Crippen molar-refractivity contribution in [2.75, 3.05) is 17.7 Å². The van der Waals surface area contributed by atoms with Gasteiger partial charge in [0.05, 0.1) is 17.5 Å². The van der Waals surface area contributed by atoms with Crippen molar-refractivity contribution in [3.8, 4) is 5.75 Å². The van der Waals surface area contributed by atoms with Crippen molar-refractivity contribution >= 4 is 28.1 Å². The maximum atomic E-state index is 12.1. The molecule has 0 fully saturated rings. The molecular formula is C25H28N2O4. The van der Waals surface area contributed by atoms with Gasteiger partial charge in [-0.1, -0.05) is 48.5 Å². The van der Waals surface area contributed by atoms with Crippen LogP contribution >= 0.6 is 0 Å². The zero-order chi connectivity index (χ0) is 22.2. The second kappa shape index (κ2) is 10.6. The molecular weight excluding hydrogens is 392 g/mol. The van der Waals surface area contributed by atoms with Gasteiger partial charge in [0.1, 0.15) is 11.9 Å². The number of aromatic hydroxyl groups is 1. The number of allylic oxidation sites excluding steroid dienone is 1. The minimum absolute atomic E-state index is 0.174. The predicted octanol–water partition coefficient (Wildman–Crippen LogP) is 4.54. The first-order valence-corrected chi connectivity index (χ1v) is 10.3. The molecule has 3 aromatic rings. The number of phenols is 1. The number of hydrogen-bond donors (Lipinski definition) is 4. The number of aliphatic hydroxyl groups is 1. The number of hydrogen-bond acceptors (Lipinski definition) is 5. The fourth-order valence-corrected chi connectivity index (χ4v) is 3.55. The molecule has 162 valence electrons. The lowest BCUT2D eigenvalue weighted by atomic mass is 9.95. The van der Waals surface area contributed by atoms with Crippen LogP contribution in [0.5, 0.6) is 5.75 Å². The minimum Gasteiger partial charge on any atom is -0.507 e. The second-order valence-electron chi connectivity index (χ2n) is 7.21. The molecule has 0 heterocycles. The molecule has 0 spiro atoms. The Morgan fingerprint density at radius 1 is 1.10 bits per heavy atom. The van der Waals surface area contributed by atoms with Gasteiger partial charge < -0.3 is 26.0 Å². The molecule has 0 saturated heterocycles. The van der Waals surface area contributed by atoms with Crippen molar-refractivity contribution < 1.29 is 19.7 Å². The third-order valence-corrected chi connectivity index (χ3v) is 5.09. The topological polar surface area (TPSA) is 105 Å². The molecule has 1 amide bonds. The van der Waals surface area contributed by atoms with E-state index in [0.29, 0.717) is 41.8 Å². The first kappa shape index (κ1) is 22.3. The number of nitrogens with two attached hydrogens (primary N) is 1. The van der Waals surface area contributed by atoms with E-state index < -0.39 is 12.2 Å². The first-order chi connectivity index (χ1) is 15.0. The maximum Gasteiger partial charge on any atom is 0.248 e. The fourth-order valence-electron chi connectivity index (χ4n) is 3.55. The van der Waals surface area contributed by atoms with Crippen LogP contribution in [0.3, 0.4) is 0 Å². The lowest BCUT2D eigenvalue weighted by Gasteiger charge is -2.24. The highest BCUT2D eigenvalue weighted by molar-refractivity contribution is 6.01. The molecule has 0 bridgehead atoms. The molecule has 3 aromatic carbocycles. The number of nitrogens with one attached hydrogen (secondary N) is 1. The number of para-hydroxylation sites is 2. The summed E-state index contributed by atoms with van der Waals surface area (Å²) in [6.45, 7) is 2.33. The largest absolute Gasteiger partial charge is 0.507 e. The van der Waals surface area contributed by atoms with E-state index in [-0.39, 0.29) is 11.7 Å². The van der Waals surface area contributed by atoms with Gasteiger partial charge >= 0.3 is 0 Å². The molecule has 2 atom stereocenters. The van der Waals surface area contributed by atoms with Crippen LogP contribution in [0.25, 0.3) is 10.8 Å². The van der Waals surface area contributed by atoms with Crippen LogP contribution in [0, 0.1) is 0 Å². The Balaban J connectivity index is 1.65. The summed E-state index contributed by atoms with van der Waals surface area (Å²) in [6.07, 6.45) is 2.98. The summed E-state index contributed by atoms with van der Waals surface area (Å²) in [5.41, 5.74) is 7.61. The second-order valence-corrected chi connectivity index (χ2v) is 7.21. The molecule has 0 saturated carbocycles. The highest BCUT2D eigenvalue weighted by Gasteiger charge is 2.23. The zero-order valence-electron chi connectivity index (χ0n) is 17.5. The van der Waals surface area contributed by atoms with Crippen LogP contribution in [0.1, 0.15) is 31.4 Å². The molecule has 31 heavy (non-hydrogen) atoms. The van der Waals surface area contributed by atoms with Gasteiger partial charge in [0.25, 0.3) is 0 Å². The van der Waals surface area contributed by atoms with E-state index in [9.17, 15) is 15.0 Å². The lowest BCUT2D eigenvalue weighted by Crippen LogP contribution is -2.22. The SMILES string of the molecule is CCO[C@@H](CC/C=C/C(=O)Nc1ccccc1N)[C@@H](O)c1ccc(O)c2ccccc12. The summed E-state index contributed by atoms with van der Waals surface area (Å²) in [5.74, 6) is -0.0940. The Hall–Kier alpha value is -3.35. The van der Waals surface area contributed by atoms with Crippen LogP contribution < -0.4 is 11.1 Å². The van der Waals surface area contributed by atoms with Gasteiger partial charge in [-0.25, -0.2) is 0 Å². The predicted molar refractivity (Wildman–Crippen MR) is 124 cm³/mol. The number of rotatable bonds is 9. The van der Waals surface area contributed by atoms with Gasteiger partial charge in [-0.05, 0) is 55.0 Å². The van der Waals surface area contributed by atoms with E-state index in [4.69, 9.17) is 10.5 Å². The Kier molecular flexibility index (Phi) is 7.65. The van der Waals surface area contributed by atoms with Gasteiger partial charge in [-0.3, -0.25) is 4.79 Å². The van der Waals surface area contributed by atoms with Gasteiger partial charge in [0.2, 0.25) is 5.91 Å². The summed E-state index contributed by atoms with van der Waals surface area (Å²) >= 11 is 0. The van der Waals surface area contributed by atoms with E-state index in [0.717, 1.165) is 5.39 Å². The van der Waals surface area contributed by atoms with Gasteiger partial charge in [-0.15, -0.1) is 0 Å². The molecule has 6 heteroatoms. The smallest absolute Gasteiger partial charge is 0.248 e. The van der Waals surface area contributed by atoms with Crippen molar-refractivity contribution in [2.24, 2.45) is 0 Å². The summed E-state index contributed by atoms with van der Waals surface area (Å²) in [4.78, 5) is 12.1. The van der Waals surface area contributed by atoms with E-state index in [1.54, 1.807) is 42.5 Å². The number of phenolic OH excluding ortho intramolecular Hbond substituents is 1. The third kappa shape index (κ3) is 5.63. The standard InChI is InChI=1S/C25H28N2O4/c1-2-31-23(13-7-8-14-24(29)27-21-12-6-5-11-20(21)26)25(30)19-15-16-22(28)18-10-4-3-9-17(18)19/h3-6,8-12,14-16,23,25,28,30H,2,7,13,26H2,1H3,(H,27,29)/b14-8+/t23-,25-/m0/s1. The number of aliphatic hydroxyl groups excluding tert-OH is 1. The molecule has 6 nitrogen and oxygen atoms in total. The fraction of sp³-hybridized carbons (Fsp3) is 0.240. The van der Waals surface area contributed by atoms with Crippen LogP contribution in [0.2, 0.25) is 0 Å². The number of anilines is 2. The van der Waals surface area contributed by atoms with Crippen LogP contribution in [0.15, 0.2) is 72.8 Å². The summed E-state index contributed by atoms with van der Waals surface area (Å²) in [6, 6.07) is 17.8. The number of carbonyl (C=O) groups is 1. The van der Waals surface area contributed by atoms with Crippen LogP contribution in [-0.2, 0) is 9.53 Å². The van der Waals surface area contributed by atoms with Crippen LogP contribution in [-0.4, -0.2) is 28.8 Å². The number of fused-ring (bicyclic) bond motifs is 1. The van der Waals surface area contributed by atoms with E-state index in [1.165, 1.54) is 6.08 Å². The molecule has 3 rings (SSSR count). The van der Waals surface area contributed by atoms with E-state index in [1.807, 2.05) is 31.2 Å². The Morgan fingerprint density at radius 3 is 2.55 bits per heavy atom. The van der Waals surface area contributed by atoms with Crippen molar-refractivity contribution in [1.82, 2.24) is 0 Å². The summed E-state index contributed by atoms with van der Waals surface area (Å²) < 4.78 is 5.79. The molecule has 5 N–H and O–H groups in total. The van der Waals surface area contributed by atoms with Crippen molar-refractivity contribution in [2.45, 2.75) is 32.0 Å². The van der Waals surface area contributed by atoms with Gasteiger partial charge in [0.15, 0.2) is 0 Å². The van der Waals surface area contributed by atoms with Gasteiger partial charge in [-0.2, -0.15) is 0 Å². The number of benzene rings is 3. The molecule has 0 aromatic heterocycles. The highest BCUT2D eigenvalue weighted by Crippen LogP contribution is 2.33. The molecule has 0 unspecified atom stereocenters. The number of carbonyl (C=O) groups excluding carboxylic acids is 1. The average Bonchev–Trinajstić information content (AvgIpc) is 2.77. The summed E-state index contributed by atoms with van der Waals surface area (Å²) in [5, 5.41) is 25.3. The Bertz CT molecular complexity index is 1060. The quantitative estimate of drug-likeness (QED) is 0.300. The number of nitrogen functional groups attached to an aromatic ring is 1. The zero-order valence-corrected chi connectivity index (χ0v) is 17.5. The number of amides is 1. The van der Waals surface area contributed by atoms with Crippen molar-refractivity contribution in [3.05, 3.63) is 78.4 Å². The van der Waals surface area contributed by atoms with Gasteiger partial charge in [0, 0.05) is 12.0 Å². The normalized spacial score (nSPS) is 13.4. The minimum atomic E-state index is -0.864. The highest BCUT2D eigenvalue weighted by atomic mass is 16.5. The molecule has 0 aliphatic rings. The molecule has 0 aliphatic heterocycles. The summed E-state index contributed by atoms with van der Waals surface area (Å²) in [7, 11) is 0. The maximum absolute atomic E-state index is 12.1. The van der Waals surface area contributed by atoms with Crippen molar-refractivity contribution in [1.29, 1.82) is 0 Å². The van der Waals surface area contributed by atoms with E-state index >= 15 is 0 Å². The monoisotopic (exact) mass is 420 g/mol. The van der Waals surface area contributed by atoms with Crippen molar-refractivity contribution in [3.63, 3.8) is 0 Å². The van der Waals surface area contributed by atoms with E-state index in [2.05, 4.69) is 5.32 Å². The first-order valence-electron chi connectivity index (χ1n) is 10.3. The molecule has 0 aliphatic carbocycles. The van der Waals surface area contributed by atoms with Crippen LogP contribution in [0.4, 0.5) is 11.4 Å². The molecule has 0 radical (unpaired) electrons. The third-order valence-electron chi connectivity index (χ3n) is 5.09. The average molecular weight is 421 g/mol. The number of ether oxygens (including phenoxy) is 1. The Labute approximate surface area is 182 Å². The Morgan fingerprint density at radius 2 is 1.81 bits per heavy atom.